The van der Waals surface area contributed by atoms with Gasteiger partial charge in [0.2, 0.25) is 5.91 Å². The number of nitrogens with zero attached hydrogens (tertiary/aromatic N) is 3. The number of carbonyl (C=O) groups is 1. The third-order valence-corrected chi connectivity index (χ3v) is 5.29. The first-order valence-corrected chi connectivity index (χ1v) is 9.06. The highest BCUT2D eigenvalue weighted by molar-refractivity contribution is 5.78. The normalized spacial score (nSPS) is 28.8. The lowest BCUT2D eigenvalue weighted by Crippen LogP contribution is -2.81. The largest absolute Gasteiger partial charge is 0.378 e. The van der Waals surface area contributed by atoms with Crippen LogP contribution in [0.2, 0.25) is 0 Å². The maximum Gasteiger partial charge on any atom is 0.225 e. The van der Waals surface area contributed by atoms with E-state index in [0.29, 0.717) is 17.4 Å². The fraction of sp³-hybridized carbons (Fsp3) is 0.944. The molecule has 23 heavy (non-hydrogen) atoms. The Morgan fingerprint density at radius 3 is 2.57 bits per heavy atom. The Balaban J connectivity index is 1.73. The molecule has 0 aromatic carbocycles. The third kappa shape index (κ3) is 3.42. The van der Waals surface area contributed by atoms with E-state index in [9.17, 15) is 4.79 Å². The molecule has 3 aliphatic heterocycles. The van der Waals surface area contributed by atoms with Gasteiger partial charge < -0.3 is 9.64 Å². The van der Waals surface area contributed by atoms with Gasteiger partial charge in [0.1, 0.15) is 0 Å². The zero-order valence-corrected chi connectivity index (χ0v) is 15.5. The third-order valence-electron chi connectivity index (χ3n) is 5.29. The molecule has 3 rings (SSSR count). The highest BCUT2D eigenvalue weighted by atomic mass is 16.5. The molecule has 0 unspecified atom stereocenters. The number of morpholine rings is 1. The Bertz CT molecular complexity index is 452. The van der Waals surface area contributed by atoms with Crippen LogP contribution in [0.5, 0.6) is 0 Å². The van der Waals surface area contributed by atoms with Crippen molar-refractivity contribution in [2.75, 3.05) is 52.5 Å². The van der Waals surface area contributed by atoms with Gasteiger partial charge in [0.15, 0.2) is 0 Å². The summed E-state index contributed by atoms with van der Waals surface area (Å²) in [7, 11) is 0. The second kappa shape index (κ2) is 6.01. The molecule has 0 aliphatic carbocycles. The van der Waals surface area contributed by atoms with Gasteiger partial charge >= 0.3 is 0 Å². The molecular weight excluding hydrogens is 290 g/mol. The number of carbonyl (C=O) groups excluding carboxylic acids is 1. The standard InChI is InChI=1S/C18H33N3O2/c1-14(2)16(22)20-8-15-9-23-7-6-21(15)18(13-20)11-19(12-18)10-17(3,4)5/h14-15H,6-13H2,1-5H3/t15-/m1/s1. The van der Waals surface area contributed by atoms with Crippen LogP contribution in [0.4, 0.5) is 0 Å². The van der Waals surface area contributed by atoms with Crippen molar-refractivity contribution in [1.29, 1.82) is 0 Å². The van der Waals surface area contributed by atoms with E-state index >= 15 is 0 Å². The van der Waals surface area contributed by atoms with Crippen molar-refractivity contribution in [3.63, 3.8) is 0 Å². The Hall–Kier alpha value is -0.650. The van der Waals surface area contributed by atoms with Crippen LogP contribution in [0.3, 0.4) is 0 Å². The van der Waals surface area contributed by atoms with E-state index in [-0.39, 0.29) is 11.5 Å². The first-order valence-electron chi connectivity index (χ1n) is 9.06. The number of piperazine rings is 1. The van der Waals surface area contributed by atoms with E-state index < -0.39 is 0 Å². The van der Waals surface area contributed by atoms with Crippen LogP contribution in [-0.4, -0.2) is 84.7 Å². The molecule has 3 fully saturated rings. The molecule has 0 aromatic rings. The Kier molecular flexibility index (Phi) is 4.49. The SMILES string of the molecule is CC(C)C(=O)N1C[C@@H]2COCCN2C2(CN(CC(C)(C)C)C2)C1. The van der Waals surface area contributed by atoms with Gasteiger partial charge in [0, 0.05) is 45.2 Å². The van der Waals surface area contributed by atoms with E-state index in [1.54, 1.807) is 0 Å². The number of ether oxygens (including phenoxy) is 1. The molecule has 132 valence electrons. The van der Waals surface area contributed by atoms with Crippen LogP contribution in [0.1, 0.15) is 34.6 Å². The maximum atomic E-state index is 12.6. The van der Waals surface area contributed by atoms with E-state index in [1.807, 2.05) is 13.8 Å². The monoisotopic (exact) mass is 323 g/mol. The van der Waals surface area contributed by atoms with Crippen LogP contribution < -0.4 is 0 Å². The smallest absolute Gasteiger partial charge is 0.225 e. The molecule has 0 N–H and O–H groups in total. The van der Waals surface area contributed by atoms with Crippen molar-refractivity contribution in [2.24, 2.45) is 11.3 Å². The highest BCUT2D eigenvalue weighted by Crippen LogP contribution is 2.37. The fourth-order valence-electron chi connectivity index (χ4n) is 4.58. The number of hydrogen-bond donors (Lipinski definition) is 0. The molecule has 1 amide bonds. The predicted octanol–water partition coefficient (Wildman–Crippen LogP) is 1.29. The minimum Gasteiger partial charge on any atom is -0.378 e. The molecule has 0 radical (unpaired) electrons. The van der Waals surface area contributed by atoms with Crippen LogP contribution >= 0.6 is 0 Å². The van der Waals surface area contributed by atoms with Gasteiger partial charge in [-0.1, -0.05) is 34.6 Å². The average Bonchev–Trinajstić information content (AvgIpc) is 2.43. The van der Waals surface area contributed by atoms with Crippen molar-refractivity contribution in [1.82, 2.24) is 14.7 Å². The van der Waals surface area contributed by atoms with Gasteiger partial charge in [-0.15, -0.1) is 0 Å². The van der Waals surface area contributed by atoms with Gasteiger partial charge in [0.05, 0.1) is 24.8 Å². The van der Waals surface area contributed by atoms with Gasteiger partial charge in [-0.2, -0.15) is 0 Å². The van der Waals surface area contributed by atoms with Gasteiger partial charge in [-0.3, -0.25) is 14.6 Å². The summed E-state index contributed by atoms with van der Waals surface area (Å²) >= 11 is 0. The first kappa shape index (κ1) is 17.2. The summed E-state index contributed by atoms with van der Waals surface area (Å²) in [5.74, 6) is 0.373. The van der Waals surface area contributed by atoms with E-state index in [0.717, 1.165) is 52.5 Å². The second-order valence-electron chi connectivity index (χ2n) is 9.23. The highest BCUT2D eigenvalue weighted by Gasteiger charge is 2.55. The molecular formula is C18H33N3O2. The summed E-state index contributed by atoms with van der Waals surface area (Å²) in [5, 5.41) is 0. The van der Waals surface area contributed by atoms with Crippen molar-refractivity contribution < 1.29 is 9.53 Å². The van der Waals surface area contributed by atoms with Crippen molar-refractivity contribution in [2.45, 2.75) is 46.2 Å². The lowest BCUT2D eigenvalue weighted by atomic mass is 9.80. The molecule has 3 saturated heterocycles. The zero-order valence-electron chi connectivity index (χ0n) is 15.5. The number of rotatable bonds is 2. The number of hydrogen-bond acceptors (Lipinski definition) is 4. The molecule has 1 spiro atoms. The maximum absolute atomic E-state index is 12.6. The summed E-state index contributed by atoms with van der Waals surface area (Å²) < 4.78 is 5.70. The minimum atomic E-state index is 0.0777. The molecule has 0 bridgehead atoms. The van der Waals surface area contributed by atoms with Gasteiger partial charge in [-0.05, 0) is 5.41 Å². The molecule has 3 aliphatic rings. The molecule has 0 aromatic heterocycles. The molecule has 0 saturated carbocycles. The van der Waals surface area contributed by atoms with Crippen LogP contribution in [-0.2, 0) is 9.53 Å². The van der Waals surface area contributed by atoms with E-state index in [4.69, 9.17) is 4.74 Å². The molecule has 5 nitrogen and oxygen atoms in total. The number of fused-ring (bicyclic) bond motifs is 2. The zero-order chi connectivity index (χ0) is 16.8. The number of likely N-dealkylation sites (tertiary alicyclic amines) is 1. The van der Waals surface area contributed by atoms with Crippen molar-refractivity contribution >= 4 is 5.91 Å². The van der Waals surface area contributed by atoms with Crippen molar-refractivity contribution in [3.8, 4) is 0 Å². The Morgan fingerprint density at radius 2 is 1.96 bits per heavy atom. The quantitative estimate of drug-likeness (QED) is 0.767. The second-order valence-corrected chi connectivity index (χ2v) is 9.23. The van der Waals surface area contributed by atoms with Crippen LogP contribution in [0, 0.1) is 11.3 Å². The van der Waals surface area contributed by atoms with Crippen LogP contribution in [0.15, 0.2) is 0 Å². The summed E-state index contributed by atoms with van der Waals surface area (Å²) in [5.41, 5.74) is 0.483. The average molecular weight is 323 g/mol. The summed E-state index contributed by atoms with van der Waals surface area (Å²) in [4.78, 5) is 19.9. The Morgan fingerprint density at radius 1 is 1.26 bits per heavy atom. The minimum absolute atomic E-state index is 0.0777. The van der Waals surface area contributed by atoms with E-state index in [1.165, 1.54) is 0 Å². The van der Waals surface area contributed by atoms with E-state index in [2.05, 4.69) is 35.5 Å². The van der Waals surface area contributed by atoms with Gasteiger partial charge in [0.25, 0.3) is 0 Å². The lowest BCUT2D eigenvalue weighted by Gasteiger charge is -2.64. The number of amides is 1. The molecule has 1 atom stereocenters. The van der Waals surface area contributed by atoms with Gasteiger partial charge in [-0.25, -0.2) is 0 Å². The summed E-state index contributed by atoms with van der Waals surface area (Å²) in [6.07, 6.45) is 0. The summed E-state index contributed by atoms with van der Waals surface area (Å²) in [6, 6.07) is 0.372. The topological polar surface area (TPSA) is 36.0 Å². The summed E-state index contributed by atoms with van der Waals surface area (Å²) in [6.45, 7) is 18.5. The lowest BCUT2D eigenvalue weighted by molar-refractivity contribution is -0.178. The first-order chi connectivity index (χ1) is 10.7. The fourth-order valence-corrected chi connectivity index (χ4v) is 4.58. The van der Waals surface area contributed by atoms with Crippen molar-refractivity contribution in [3.05, 3.63) is 0 Å². The Labute approximate surface area is 140 Å². The predicted molar refractivity (Wildman–Crippen MR) is 91.4 cm³/mol. The molecule has 3 heterocycles. The molecule has 5 heteroatoms. The van der Waals surface area contributed by atoms with Crippen LogP contribution in [0.25, 0.3) is 0 Å².